The first-order valence-corrected chi connectivity index (χ1v) is 8.34. The first-order valence-electron chi connectivity index (χ1n) is 7.47. The van der Waals surface area contributed by atoms with Gasteiger partial charge in [0.05, 0.1) is 0 Å². The molecule has 2 aromatic carbocycles. The van der Waals surface area contributed by atoms with Crippen LogP contribution in [0.25, 0.3) is 11.1 Å². The zero-order valence-corrected chi connectivity index (χ0v) is 14.9. The van der Waals surface area contributed by atoms with E-state index in [0.717, 1.165) is 11.1 Å². The molecule has 2 N–H and O–H groups in total. The third-order valence-electron chi connectivity index (χ3n) is 3.36. The van der Waals surface area contributed by atoms with Crippen LogP contribution >= 0.6 is 23.2 Å². The lowest BCUT2D eigenvalue weighted by atomic mass is 10.0. The van der Waals surface area contributed by atoms with Crippen molar-refractivity contribution in [2.75, 3.05) is 10.6 Å². The molecular weight excluding hydrogens is 347 g/mol. The van der Waals surface area contributed by atoms with Crippen molar-refractivity contribution in [1.29, 1.82) is 0 Å². The summed E-state index contributed by atoms with van der Waals surface area (Å²) in [5.74, 6) is -0.476. The van der Waals surface area contributed by atoms with Crippen molar-refractivity contribution in [3.8, 4) is 11.1 Å². The third kappa shape index (κ3) is 4.98. The SMILES string of the molecule is CC(Cl)C(=O)Nc1ccc(-c2ccc(NC(=O)C(C)Cl)cc2)cc1. The highest BCUT2D eigenvalue weighted by Gasteiger charge is 2.10. The van der Waals surface area contributed by atoms with Crippen LogP contribution in [0.3, 0.4) is 0 Å². The first kappa shape index (κ1) is 18.3. The van der Waals surface area contributed by atoms with Crippen LogP contribution in [0, 0.1) is 0 Å². The number of amides is 2. The molecule has 2 aromatic rings. The molecule has 0 fully saturated rings. The van der Waals surface area contributed by atoms with Gasteiger partial charge in [0.2, 0.25) is 11.8 Å². The second-order valence-corrected chi connectivity index (χ2v) is 6.67. The Hall–Kier alpha value is -2.04. The van der Waals surface area contributed by atoms with E-state index < -0.39 is 10.8 Å². The van der Waals surface area contributed by atoms with Crippen molar-refractivity contribution in [3.63, 3.8) is 0 Å². The molecule has 0 aliphatic heterocycles. The topological polar surface area (TPSA) is 58.2 Å². The molecule has 6 heteroatoms. The van der Waals surface area contributed by atoms with E-state index in [1.54, 1.807) is 13.8 Å². The Balaban J connectivity index is 2.06. The monoisotopic (exact) mass is 364 g/mol. The zero-order valence-electron chi connectivity index (χ0n) is 13.3. The molecule has 0 spiro atoms. The van der Waals surface area contributed by atoms with Crippen LogP contribution in [0.1, 0.15) is 13.8 Å². The van der Waals surface area contributed by atoms with Crippen LogP contribution in [-0.4, -0.2) is 22.6 Å². The molecule has 126 valence electrons. The molecule has 0 bridgehead atoms. The summed E-state index contributed by atoms with van der Waals surface area (Å²) in [6, 6.07) is 14.9. The summed E-state index contributed by atoms with van der Waals surface area (Å²) < 4.78 is 0. The highest BCUT2D eigenvalue weighted by Crippen LogP contribution is 2.23. The van der Waals surface area contributed by atoms with Gasteiger partial charge in [-0.2, -0.15) is 0 Å². The van der Waals surface area contributed by atoms with Gasteiger partial charge in [0.1, 0.15) is 10.8 Å². The number of rotatable bonds is 5. The average Bonchev–Trinajstić information content (AvgIpc) is 2.56. The Morgan fingerprint density at radius 1 is 0.708 bits per heavy atom. The molecular formula is C18H18Cl2N2O2. The number of hydrogen-bond donors (Lipinski definition) is 2. The van der Waals surface area contributed by atoms with Gasteiger partial charge < -0.3 is 10.6 Å². The van der Waals surface area contributed by atoms with Crippen molar-refractivity contribution in [2.24, 2.45) is 0 Å². The van der Waals surface area contributed by atoms with Gasteiger partial charge in [-0.3, -0.25) is 9.59 Å². The fourth-order valence-corrected chi connectivity index (χ4v) is 2.08. The molecule has 2 unspecified atom stereocenters. The summed E-state index contributed by atoms with van der Waals surface area (Å²) in [6.45, 7) is 3.24. The first-order chi connectivity index (χ1) is 11.4. The maximum absolute atomic E-state index is 11.6. The Kier molecular flexibility index (Phi) is 6.23. The number of benzene rings is 2. The molecule has 0 aromatic heterocycles. The zero-order chi connectivity index (χ0) is 17.7. The summed E-state index contributed by atoms with van der Waals surface area (Å²) in [5, 5.41) is 4.30. The Morgan fingerprint density at radius 2 is 1.00 bits per heavy atom. The van der Waals surface area contributed by atoms with E-state index in [1.807, 2.05) is 48.5 Å². The van der Waals surface area contributed by atoms with Gasteiger partial charge in [-0.1, -0.05) is 24.3 Å². The van der Waals surface area contributed by atoms with E-state index in [2.05, 4.69) is 10.6 Å². The van der Waals surface area contributed by atoms with Crippen LogP contribution in [0.5, 0.6) is 0 Å². The van der Waals surface area contributed by atoms with Crippen LogP contribution in [-0.2, 0) is 9.59 Å². The van der Waals surface area contributed by atoms with E-state index >= 15 is 0 Å². The van der Waals surface area contributed by atoms with Gasteiger partial charge in [0, 0.05) is 11.4 Å². The van der Waals surface area contributed by atoms with Crippen LogP contribution in [0.4, 0.5) is 11.4 Å². The number of carbonyl (C=O) groups excluding carboxylic acids is 2. The van der Waals surface area contributed by atoms with E-state index in [0.29, 0.717) is 11.4 Å². The second kappa shape index (κ2) is 8.18. The molecule has 24 heavy (non-hydrogen) atoms. The van der Waals surface area contributed by atoms with E-state index in [4.69, 9.17) is 23.2 Å². The van der Waals surface area contributed by atoms with Gasteiger partial charge >= 0.3 is 0 Å². The number of carbonyl (C=O) groups is 2. The highest BCUT2D eigenvalue weighted by molar-refractivity contribution is 6.32. The molecule has 2 rings (SSSR count). The summed E-state index contributed by atoms with van der Waals surface area (Å²) in [6.07, 6.45) is 0. The largest absolute Gasteiger partial charge is 0.325 e. The minimum absolute atomic E-state index is 0.238. The number of anilines is 2. The van der Waals surface area contributed by atoms with E-state index in [-0.39, 0.29) is 11.8 Å². The second-order valence-electron chi connectivity index (χ2n) is 5.37. The summed E-state index contributed by atoms with van der Waals surface area (Å²) in [4.78, 5) is 23.1. The van der Waals surface area contributed by atoms with E-state index in [1.165, 1.54) is 0 Å². The minimum atomic E-state index is -0.580. The summed E-state index contributed by atoms with van der Waals surface area (Å²) >= 11 is 11.5. The van der Waals surface area contributed by atoms with Crippen molar-refractivity contribution >= 4 is 46.4 Å². The predicted molar refractivity (Wildman–Crippen MR) is 99.8 cm³/mol. The fraction of sp³-hybridized carbons (Fsp3) is 0.222. The van der Waals surface area contributed by atoms with Gasteiger partial charge in [-0.05, 0) is 49.2 Å². The molecule has 0 saturated heterocycles. The van der Waals surface area contributed by atoms with Crippen molar-refractivity contribution < 1.29 is 9.59 Å². The number of nitrogens with one attached hydrogen (secondary N) is 2. The smallest absolute Gasteiger partial charge is 0.242 e. The Morgan fingerprint density at radius 3 is 1.25 bits per heavy atom. The lowest BCUT2D eigenvalue weighted by Gasteiger charge is -2.09. The number of hydrogen-bond acceptors (Lipinski definition) is 2. The number of alkyl halides is 2. The standard InChI is InChI=1S/C18H18Cl2N2O2/c1-11(19)17(23)21-15-7-3-13(4-8-15)14-5-9-16(10-6-14)22-18(24)12(2)20/h3-12H,1-2H3,(H,21,23)(H,22,24). The van der Waals surface area contributed by atoms with Gasteiger partial charge in [-0.15, -0.1) is 23.2 Å². The molecule has 2 amide bonds. The molecule has 0 aliphatic carbocycles. The minimum Gasteiger partial charge on any atom is -0.325 e. The summed E-state index contributed by atoms with van der Waals surface area (Å²) in [7, 11) is 0. The Bertz CT molecular complexity index is 647. The average molecular weight is 365 g/mol. The third-order valence-corrected chi connectivity index (χ3v) is 3.76. The number of halogens is 2. The van der Waals surface area contributed by atoms with E-state index in [9.17, 15) is 9.59 Å². The fourth-order valence-electron chi connectivity index (χ4n) is 1.98. The predicted octanol–water partition coefficient (Wildman–Crippen LogP) is 4.49. The van der Waals surface area contributed by atoms with Crippen LogP contribution < -0.4 is 10.6 Å². The molecule has 0 radical (unpaired) electrons. The molecule has 0 heterocycles. The molecule has 2 atom stereocenters. The molecule has 4 nitrogen and oxygen atoms in total. The van der Waals surface area contributed by atoms with Crippen LogP contribution in [0.15, 0.2) is 48.5 Å². The van der Waals surface area contributed by atoms with Crippen molar-refractivity contribution in [1.82, 2.24) is 0 Å². The molecule has 0 aliphatic rings. The van der Waals surface area contributed by atoms with Crippen molar-refractivity contribution in [3.05, 3.63) is 48.5 Å². The highest BCUT2D eigenvalue weighted by atomic mass is 35.5. The van der Waals surface area contributed by atoms with Gasteiger partial charge in [-0.25, -0.2) is 0 Å². The Labute approximate surface area is 151 Å². The van der Waals surface area contributed by atoms with Gasteiger partial charge in [0.25, 0.3) is 0 Å². The lowest BCUT2D eigenvalue weighted by Crippen LogP contribution is -2.20. The van der Waals surface area contributed by atoms with Gasteiger partial charge in [0.15, 0.2) is 0 Å². The maximum Gasteiger partial charge on any atom is 0.242 e. The quantitative estimate of drug-likeness (QED) is 0.768. The summed E-state index contributed by atoms with van der Waals surface area (Å²) in [5.41, 5.74) is 3.37. The van der Waals surface area contributed by atoms with Crippen LogP contribution in [0.2, 0.25) is 0 Å². The maximum atomic E-state index is 11.6. The van der Waals surface area contributed by atoms with Crippen molar-refractivity contribution in [2.45, 2.75) is 24.6 Å². The normalized spacial score (nSPS) is 13.0. The lowest BCUT2D eigenvalue weighted by molar-refractivity contribution is -0.116. The molecule has 0 saturated carbocycles.